The minimum absolute atomic E-state index is 0.0479. The minimum atomic E-state index is -0.150. The fourth-order valence-electron chi connectivity index (χ4n) is 2.24. The number of aromatic nitrogens is 1. The second-order valence-corrected chi connectivity index (χ2v) is 5.01. The van der Waals surface area contributed by atoms with Crippen LogP contribution in [0.4, 0.5) is 4.39 Å². The molecule has 2 nitrogen and oxygen atoms in total. The highest BCUT2D eigenvalue weighted by Crippen LogP contribution is 2.19. The fourth-order valence-corrected chi connectivity index (χ4v) is 2.24. The van der Waals surface area contributed by atoms with Gasteiger partial charge in [-0.1, -0.05) is 31.2 Å². The summed E-state index contributed by atoms with van der Waals surface area (Å²) in [6.07, 6.45) is 1.66. The lowest BCUT2D eigenvalue weighted by atomic mass is 10.0. The maximum absolute atomic E-state index is 13.8. The van der Waals surface area contributed by atoms with Crippen molar-refractivity contribution in [3.63, 3.8) is 0 Å². The van der Waals surface area contributed by atoms with E-state index in [4.69, 9.17) is 0 Å². The molecule has 1 unspecified atom stereocenters. The second-order valence-electron chi connectivity index (χ2n) is 5.01. The number of halogens is 1. The van der Waals surface area contributed by atoms with Crippen molar-refractivity contribution in [1.82, 2.24) is 10.3 Å². The van der Waals surface area contributed by atoms with Crippen LogP contribution < -0.4 is 5.32 Å². The molecule has 1 aromatic heterocycles. The van der Waals surface area contributed by atoms with E-state index >= 15 is 0 Å². The molecule has 2 aromatic rings. The quantitative estimate of drug-likeness (QED) is 0.865. The molecule has 0 radical (unpaired) electrons. The van der Waals surface area contributed by atoms with Gasteiger partial charge in [-0.25, -0.2) is 4.39 Å². The Morgan fingerprint density at radius 2 is 1.95 bits per heavy atom. The standard InChI is InChI=1S/C17H21FN2/c1-3-11-19-17(16-10-6-7-13(2)20-16)12-14-8-4-5-9-15(14)18/h4-10,17,19H,3,11-12H2,1-2H3. The van der Waals surface area contributed by atoms with Crippen LogP contribution in [-0.2, 0) is 6.42 Å². The molecule has 1 N–H and O–H groups in total. The zero-order valence-corrected chi connectivity index (χ0v) is 12.1. The number of nitrogens with zero attached hydrogens (tertiary/aromatic N) is 1. The summed E-state index contributed by atoms with van der Waals surface area (Å²) in [6.45, 7) is 5.00. The monoisotopic (exact) mass is 272 g/mol. The zero-order valence-electron chi connectivity index (χ0n) is 12.1. The Balaban J connectivity index is 2.21. The average Bonchev–Trinajstić information content (AvgIpc) is 2.45. The van der Waals surface area contributed by atoms with Gasteiger partial charge in [0.1, 0.15) is 5.82 Å². The first-order chi connectivity index (χ1) is 9.70. The third kappa shape index (κ3) is 3.87. The lowest BCUT2D eigenvalue weighted by Gasteiger charge is -2.19. The van der Waals surface area contributed by atoms with Gasteiger partial charge in [0.25, 0.3) is 0 Å². The van der Waals surface area contributed by atoms with E-state index in [0.717, 1.165) is 29.9 Å². The lowest BCUT2D eigenvalue weighted by Crippen LogP contribution is -2.25. The minimum Gasteiger partial charge on any atom is -0.308 e. The van der Waals surface area contributed by atoms with Gasteiger partial charge in [-0.15, -0.1) is 0 Å². The maximum Gasteiger partial charge on any atom is 0.126 e. The summed E-state index contributed by atoms with van der Waals surface area (Å²) in [6, 6.07) is 13.0. The predicted octanol–water partition coefficient (Wildman–Crippen LogP) is 3.81. The average molecular weight is 272 g/mol. The molecule has 0 saturated heterocycles. The molecule has 3 heteroatoms. The van der Waals surface area contributed by atoms with Crippen molar-refractivity contribution in [1.29, 1.82) is 0 Å². The Morgan fingerprint density at radius 3 is 2.65 bits per heavy atom. The van der Waals surface area contributed by atoms with Crippen molar-refractivity contribution in [3.05, 3.63) is 65.2 Å². The summed E-state index contributed by atoms with van der Waals surface area (Å²) in [5.74, 6) is -0.150. The van der Waals surface area contributed by atoms with Gasteiger partial charge in [0, 0.05) is 5.69 Å². The van der Waals surface area contributed by atoms with Crippen LogP contribution in [0.2, 0.25) is 0 Å². The van der Waals surface area contributed by atoms with E-state index in [0.29, 0.717) is 6.42 Å². The van der Waals surface area contributed by atoms with Gasteiger partial charge in [0.05, 0.1) is 11.7 Å². The topological polar surface area (TPSA) is 24.9 Å². The van der Waals surface area contributed by atoms with E-state index in [9.17, 15) is 4.39 Å². The summed E-state index contributed by atoms with van der Waals surface area (Å²) in [7, 11) is 0. The molecule has 0 aliphatic rings. The molecule has 0 aliphatic heterocycles. The van der Waals surface area contributed by atoms with E-state index in [1.165, 1.54) is 6.07 Å². The third-order valence-electron chi connectivity index (χ3n) is 3.29. The summed E-state index contributed by atoms with van der Waals surface area (Å²) in [4.78, 5) is 4.57. The largest absolute Gasteiger partial charge is 0.308 e. The van der Waals surface area contributed by atoms with Crippen molar-refractivity contribution in [3.8, 4) is 0 Å². The number of rotatable bonds is 6. The zero-order chi connectivity index (χ0) is 14.4. The first-order valence-electron chi connectivity index (χ1n) is 7.11. The number of hydrogen-bond acceptors (Lipinski definition) is 2. The predicted molar refractivity (Wildman–Crippen MR) is 80.1 cm³/mol. The van der Waals surface area contributed by atoms with Gasteiger partial charge in [-0.05, 0) is 50.1 Å². The van der Waals surface area contributed by atoms with E-state index in [1.54, 1.807) is 6.07 Å². The Hall–Kier alpha value is -1.74. The Kier molecular flexibility index (Phi) is 5.24. The molecular formula is C17H21FN2. The van der Waals surface area contributed by atoms with Crippen molar-refractivity contribution in [2.75, 3.05) is 6.54 Å². The van der Waals surface area contributed by atoms with Crippen LogP contribution in [-0.4, -0.2) is 11.5 Å². The molecule has 0 bridgehead atoms. The van der Waals surface area contributed by atoms with Crippen LogP contribution in [0.3, 0.4) is 0 Å². The molecule has 1 aromatic carbocycles. The van der Waals surface area contributed by atoms with Crippen LogP contribution in [0.15, 0.2) is 42.5 Å². The van der Waals surface area contributed by atoms with Crippen molar-refractivity contribution >= 4 is 0 Å². The van der Waals surface area contributed by atoms with Gasteiger partial charge in [-0.2, -0.15) is 0 Å². The van der Waals surface area contributed by atoms with Gasteiger partial charge >= 0.3 is 0 Å². The van der Waals surface area contributed by atoms with E-state index in [2.05, 4.69) is 17.2 Å². The number of nitrogens with one attached hydrogen (secondary N) is 1. The highest BCUT2D eigenvalue weighted by molar-refractivity contribution is 5.22. The molecule has 0 aliphatic carbocycles. The van der Waals surface area contributed by atoms with Gasteiger partial charge < -0.3 is 5.32 Å². The molecule has 1 atom stereocenters. The Bertz CT molecular complexity index is 554. The number of hydrogen-bond donors (Lipinski definition) is 1. The molecule has 0 saturated carbocycles. The van der Waals surface area contributed by atoms with Crippen LogP contribution in [0, 0.1) is 12.7 Å². The highest BCUT2D eigenvalue weighted by atomic mass is 19.1. The lowest BCUT2D eigenvalue weighted by molar-refractivity contribution is 0.502. The SMILES string of the molecule is CCCNC(Cc1ccccc1F)c1cccc(C)n1. The molecule has 1 heterocycles. The molecule has 106 valence electrons. The van der Waals surface area contributed by atoms with Gasteiger partial charge in [0.15, 0.2) is 0 Å². The summed E-state index contributed by atoms with van der Waals surface area (Å²) < 4.78 is 13.8. The molecule has 0 fully saturated rings. The van der Waals surface area contributed by atoms with Crippen LogP contribution in [0.25, 0.3) is 0 Å². The molecular weight excluding hydrogens is 251 g/mol. The number of pyridine rings is 1. The Labute approximate surface area is 120 Å². The van der Waals surface area contributed by atoms with Crippen molar-refractivity contribution < 1.29 is 4.39 Å². The molecule has 0 spiro atoms. The highest BCUT2D eigenvalue weighted by Gasteiger charge is 2.15. The van der Waals surface area contributed by atoms with Crippen molar-refractivity contribution in [2.24, 2.45) is 0 Å². The Morgan fingerprint density at radius 1 is 1.15 bits per heavy atom. The normalized spacial score (nSPS) is 12.3. The maximum atomic E-state index is 13.8. The van der Waals surface area contributed by atoms with Gasteiger partial charge in [0.2, 0.25) is 0 Å². The summed E-state index contributed by atoms with van der Waals surface area (Å²) in [5, 5.41) is 3.46. The molecule has 2 rings (SSSR count). The molecule has 0 amide bonds. The molecule has 20 heavy (non-hydrogen) atoms. The van der Waals surface area contributed by atoms with Crippen LogP contribution in [0.5, 0.6) is 0 Å². The second kappa shape index (κ2) is 7.15. The number of aryl methyl sites for hydroxylation is 1. The third-order valence-corrected chi connectivity index (χ3v) is 3.29. The summed E-state index contributed by atoms with van der Waals surface area (Å²) in [5.41, 5.74) is 2.69. The number of benzene rings is 1. The first kappa shape index (κ1) is 14.7. The van der Waals surface area contributed by atoms with Crippen molar-refractivity contribution in [2.45, 2.75) is 32.7 Å². The smallest absolute Gasteiger partial charge is 0.126 e. The van der Waals surface area contributed by atoms with E-state index < -0.39 is 0 Å². The van der Waals surface area contributed by atoms with Gasteiger partial charge in [-0.3, -0.25) is 4.98 Å². The van der Waals surface area contributed by atoms with E-state index in [1.807, 2.05) is 37.3 Å². The van der Waals surface area contributed by atoms with Crippen LogP contribution >= 0.6 is 0 Å². The fraction of sp³-hybridized carbons (Fsp3) is 0.353. The van der Waals surface area contributed by atoms with E-state index in [-0.39, 0.29) is 11.9 Å². The summed E-state index contributed by atoms with van der Waals surface area (Å²) >= 11 is 0. The first-order valence-corrected chi connectivity index (χ1v) is 7.11. The van der Waals surface area contributed by atoms with Crippen LogP contribution in [0.1, 0.15) is 36.3 Å².